The highest BCUT2D eigenvalue weighted by atomic mass is 16.7. The van der Waals surface area contributed by atoms with E-state index in [1.54, 1.807) is 72.7 Å². The van der Waals surface area contributed by atoms with Crippen LogP contribution in [0.4, 0.5) is 9.59 Å². The number of hydrogen-bond donors (Lipinski definition) is 5. The number of nitrogens with two attached hydrogens (primary N) is 2. The van der Waals surface area contributed by atoms with Gasteiger partial charge in [-0.15, -0.1) is 0 Å². The van der Waals surface area contributed by atoms with Crippen LogP contribution in [0.3, 0.4) is 0 Å². The van der Waals surface area contributed by atoms with Gasteiger partial charge in [-0.25, -0.2) is 14.5 Å². The number of rotatable bonds is 16. The van der Waals surface area contributed by atoms with E-state index in [0.29, 0.717) is 43.2 Å². The standard InChI is InChI=1S/C46H73BN8O10/c1-28(38(58)54-24-14-16-35(54)47-64-34-26-31-25-33(45(31,8)9)46(34,10)65-47)52-37(57)30-20-18-29(19-21-30)27-51-36(56)17-11-12-23-55(42(61)63-44(5,6)7)39(59)32(48)15-13-22-50-40(49)53-41(60)62-43(2,3)4/h18-21,28,31-35H,11-17,22-27,48H2,1-10H3,(H,51,56)(H,52,57)(H3,49,50,53,60)/t28-,31+,32+,33+,34?,35+,46+/m1/s1. The minimum absolute atomic E-state index is 0.00537. The average Bonchev–Trinajstić information content (AvgIpc) is 3.84. The number of guanidine groups is 1. The Balaban J connectivity index is 1.02. The molecular weight excluding hydrogens is 835 g/mol. The molecule has 7 atom stereocenters. The Bertz CT molecular complexity index is 1930. The molecule has 2 saturated heterocycles. The number of alkyl carbamates (subject to hydrolysis) is 1. The zero-order valence-corrected chi connectivity index (χ0v) is 40.1. The third kappa shape index (κ3) is 13.2. The lowest BCUT2D eigenvalue weighted by Crippen LogP contribution is -2.65. The zero-order chi connectivity index (χ0) is 48.1. The van der Waals surface area contributed by atoms with Crippen molar-refractivity contribution in [2.24, 2.45) is 33.7 Å². The van der Waals surface area contributed by atoms with E-state index in [-0.39, 0.29) is 79.2 Å². The number of carbonyl (C=O) groups is 6. The van der Waals surface area contributed by atoms with E-state index in [4.69, 9.17) is 30.2 Å². The van der Waals surface area contributed by atoms with E-state index >= 15 is 0 Å². The Labute approximate surface area is 384 Å². The molecule has 1 aromatic carbocycles. The summed E-state index contributed by atoms with van der Waals surface area (Å²) in [7, 11) is -0.480. The minimum atomic E-state index is -1.04. The van der Waals surface area contributed by atoms with Gasteiger partial charge in [-0.2, -0.15) is 0 Å². The number of carbonyl (C=O) groups excluding carboxylic acids is 6. The van der Waals surface area contributed by atoms with Crippen LogP contribution in [-0.4, -0.2) is 119 Å². The van der Waals surface area contributed by atoms with Gasteiger partial charge in [0.2, 0.25) is 17.7 Å². The van der Waals surface area contributed by atoms with Gasteiger partial charge in [-0.05, 0) is 142 Å². The summed E-state index contributed by atoms with van der Waals surface area (Å²) >= 11 is 0. The van der Waals surface area contributed by atoms with Gasteiger partial charge >= 0.3 is 19.3 Å². The molecule has 19 heteroatoms. The van der Waals surface area contributed by atoms with Crippen LogP contribution in [0.2, 0.25) is 0 Å². The lowest BCUT2D eigenvalue weighted by Gasteiger charge is -2.64. The summed E-state index contributed by atoms with van der Waals surface area (Å²) in [6, 6.07) is 5.00. The van der Waals surface area contributed by atoms with Crippen LogP contribution in [-0.2, 0) is 39.7 Å². The normalized spacial score (nSPS) is 24.5. The van der Waals surface area contributed by atoms with Gasteiger partial charge in [-0.1, -0.05) is 26.0 Å². The largest absolute Gasteiger partial charge is 0.481 e. The second-order valence-corrected chi connectivity index (χ2v) is 20.8. The fourth-order valence-corrected chi connectivity index (χ4v) is 9.51. The Morgan fingerprint density at radius 1 is 0.985 bits per heavy atom. The van der Waals surface area contributed by atoms with Gasteiger partial charge in [0.15, 0.2) is 5.96 Å². The first-order valence-corrected chi connectivity index (χ1v) is 23.2. The summed E-state index contributed by atoms with van der Waals surface area (Å²) in [5.74, 6) is -0.673. The van der Waals surface area contributed by atoms with Crippen molar-refractivity contribution in [2.45, 2.75) is 175 Å². The van der Waals surface area contributed by atoms with Gasteiger partial charge in [0, 0.05) is 38.2 Å². The Hall–Kier alpha value is -4.75. The first-order chi connectivity index (χ1) is 30.3. The maximum Gasteiger partial charge on any atom is 0.481 e. The van der Waals surface area contributed by atoms with Crippen LogP contribution >= 0.6 is 0 Å². The predicted molar refractivity (Wildman–Crippen MR) is 245 cm³/mol. The predicted octanol–water partition coefficient (Wildman–Crippen LogP) is 4.56. The highest BCUT2D eigenvalue weighted by Gasteiger charge is 2.69. The number of imide groups is 1. The second kappa shape index (κ2) is 20.8. The molecule has 1 unspecified atom stereocenters. The van der Waals surface area contributed by atoms with Crippen molar-refractivity contribution < 1.29 is 47.5 Å². The van der Waals surface area contributed by atoms with E-state index in [1.165, 1.54) is 0 Å². The summed E-state index contributed by atoms with van der Waals surface area (Å²) in [6.07, 6.45) is 3.58. The molecule has 6 rings (SSSR count). The molecule has 7 N–H and O–H groups in total. The number of hydrogen-bond acceptors (Lipinski definition) is 12. The molecule has 0 radical (unpaired) electrons. The van der Waals surface area contributed by atoms with Crippen LogP contribution in [0.15, 0.2) is 29.3 Å². The van der Waals surface area contributed by atoms with Crippen molar-refractivity contribution in [1.29, 1.82) is 0 Å². The van der Waals surface area contributed by atoms with Crippen molar-refractivity contribution in [1.82, 2.24) is 25.8 Å². The highest BCUT2D eigenvalue weighted by Crippen LogP contribution is 2.66. The molecule has 18 nitrogen and oxygen atoms in total. The fraction of sp³-hybridized carbons (Fsp3) is 0.717. The molecule has 360 valence electrons. The molecule has 3 aliphatic carbocycles. The monoisotopic (exact) mass is 909 g/mol. The summed E-state index contributed by atoms with van der Waals surface area (Å²) in [6.45, 7) is 19.7. The number of benzene rings is 1. The molecule has 0 spiro atoms. The maximum absolute atomic E-state index is 13.7. The average molecular weight is 909 g/mol. The van der Waals surface area contributed by atoms with Crippen LogP contribution in [0.5, 0.6) is 0 Å². The molecule has 2 aliphatic heterocycles. The van der Waals surface area contributed by atoms with Gasteiger partial charge in [-0.3, -0.25) is 29.5 Å². The number of amides is 6. The van der Waals surface area contributed by atoms with E-state index in [2.05, 4.69) is 41.7 Å². The molecule has 2 heterocycles. The van der Waals surface area contributed by atoms with Crippen LogP contribution < -0.4 is 27.4 Å². The number of unbranched alkanes of at least 4 members (excludes halogenated alkanes) is 1. The van der Waals surface area contributed by atoms with Gasteiger partial charge in [0.25, 0.3) is 5.91 Å². The Morgan fingerprint density at radius 3 is 2.31 bits per heavy atom. The number of nitrogens with zero attached hydrogens (tertiary/aromatic N) is 3. The lowest BCUT2D eigenvalue weighted by atomic mass is 9.43. The molecule has 0 aromatic heterocycles. The smallest absolute Gasteiger partial charge is 0.444 e. The summed E-state index contributed by atoms with van der Waals surface area (Å²) in [5.41, 5.74) is 11.4. The van der Waals surface area contributed by atoms with E-state index in [1.807, 2.05) is 4.90 Å². The maximum atomic E-state index is 13.7. The SMILES string of the molecule is C[C@@H](NC(=O)c1ccc(CNC(=O)CCCCN(C(=O)OC(C)(C)C)C(=O)[C@@H](N)CCCN=C(N)NC(=O)OC(C)(C)C)cc1)C(=O)N1CCC[C@H]1B1OC2C[C@@H]3C[C@@H](C3(C)C)[C@]2(C)O1. The lowest BCUT2D eigenvalue weighted by molar-refractivity contribution is -0.199. The topological polar surface area (TPSA) is 246 Å². The first-order valence-electron chi connectivity index (χ1n) is 23.2. The van der Waals surface area contributed by atoms with Crippen molar-refractivity contribution in [3.05, 3.63) is 35.4 Å². The van der Waals surface area contributed by atoms with Gasteiger partial charge in [0.05, 0.1) is 23.7 Å². The third-order valence-electron chi connectivity index (χ3n) is 13.1. The van der Waals surface area contributed by atoms with E-state index < -0.39 is 48.5 Å². The Morgan fingerprint density at radius 2 is 1.66 bits per heavy atom. The first kappa shape index (κ1) is 51.2. The van der Waals surface area contributed by atoms with Crippen molar-refractivity contribution in [3.8, 4) is 0 Å². The second-order valence-electron chi connectivity index (χ2n) is 20.8. The quantitative estimate of drug-likeness (QED) is 0.0664. The Kier molecular flexibility index (Phi) is 16.4. The summed E-state index contributed by atoms with van der Waals surface area (Å²) < 4.78 is 23.8. The number of nitrogens with one attached hydrogen (secondary N) is 3. The molecule has 6 amide bonds. The van der Waals surface area contributed by atoms with Crippen LogP contribution in [0.1, 0.15) is 143 Å². The summed E-state index contributed by atoms with van der Waals surface area (Å²) in [5, 5.41) is 8.06. The van der Waals surface area contributed by atoms with Crippen molar-refractivity contribution in [2.75, 3.05) is 19.6 Å². The molecule has 5 fully saturated rings. The van der Waals surface area contributed by atoms with E-state index in [0.717, 1.165) is 36.1 Å². The zero-order valence-electron chi connectivity index (χ0n) is 40.1. The molecule has 65 heavy (non-hydrogen) atoms. The molecule has 2 bridgehead atoms. The van der Waals surface area contributed by atoms with Gasteiger partial charge in [0.1, 0.15) is 17.2 Å². The third-order valence-corrected chi connectivity index (χ3v) is 13.1. The van der Waals surface area contributed by atoms with Crippen molar-refractivity contribution >= 4 is 48.9 Å². The number of aliphatic imine (C=N–C) groups is 1. The van der Waals surface area contributed by atoms with E-state index in [9.17, 15) is 28.8 Å². The number of likely N-dealkylation sites (tertiary alicyclic amines) is 1. The van der Waals surface area contributed by atoms with Crippen LogP contribution in [0.25, 0.3) is 0 Å². The molecular formula is C46H73BN8O10. The van der Waals surface area contributed by atoms with Crippen LogP contribution in [0, 0.1) is 17.3 Å². The van der Waals surface area contributed by atoms with Crippen molar-refractivity contribution in [3.63, 3.8) is 0 Å². The fourth-order valence-electron chi connectivity index (χ4n) is 9.51. The minimum Gasteiger partial charge on any atom is -0.444 e. The summed E-state index contributed by atoms with van der Waals surface area (Å²) in [4.78, 5) is 84.9. The molecule has 3 saturated carbocycles. The molecule has 5 aliphatic rings. The molecule has 1 aromatic rings. The number of ether oxygens (including phenoxy) is 2. The highest BCUT2D eigenvalue weighted by molar-refractivity contribution is 6.48. The van der Waals surface area contributed by atoms with Gasteiger partial charge < -0.3 is 45.8 Å².